The first kappa shape index (κ1) is 21.2. The molecule has 2 aromatic carbocycles. The van der Waals surface area contributed by atoms with Crippen molar-refractivity contribution < 1.29 is 9.18 Å². The molecule has 2 heterocycles. The number of aryl methyl sites for hydroxylation is 1. The summed E-state index contributed by atoms with van der Waals surface area (Å²) in [6.45, 7) is 3.08. The molecule has 31 heavy (non-hydrogen) atoms. The van der Waals surface area contributed by atoms with E-state index < -0.39 is 6.04 Å². The van der Waals surface area contributed by atoms with Crippen LogP contribution in [0.15, 0.2) is 67.0 Å². The molecule has 3 atom stereocenters. The van der Waals surface area contributed by atoms with E-state index in [1.165, 1.54) is 18.6 Å². The molecule has 1 N–H and O–H groups in total. The van der Waals surface area contributed by atoms with Crippen molar-refractivity contribution in [2.75, 3.05) is 6.54 Å². The highest BCUT2D eigenvalue weighted by Gasteiger charge is 2.34. The fraction of sp³-hybridized carbons (Fsp3) is 0.360. The van der Waals surface area contributed by atoms with Gasteiger partial charge in [0.2, 0.25) is 5.91 Å². The number of rotatable bonds is 6. The van der Waals surface area contributed by atoms with Gasteiger partial charge < -0.3 is 9.88 Å². The predicted molar refractivity (Wildman–Crippen MR) is 119 cm³/mol. The Hall–Kier alpha value is -2.99. The van der Waals surface area contributed by atoms with E-state index in [1.807, 2.05) is 48.1 Å². The van der Waals surface area contributed by atoms with Gasteiger partial charge in [0.25, 0.3) is 0 Å². The number of piperidine rings is 1. The first-order chi connectivity index (χ1) is 15.0. The van der Waals surface area contributed by atoms with E-state index >= 15 is 0 Å². The van der Waals surface area contributed by atoms with Gasteiger partial charge in [-0.1, -0.05) is 48.9 Å². The molecule has 1 aliphatic rings. The smallest absolute Gasteiger partial charge is 0.242 e. The van der Waals surface area contributed by atoms with Gasteiger partial charge in [-0.05, 0) is 49.6 Å². The van der Waals surface area contributed by atoms with Crippen molar-refractivity contribution in [1.29, 1.82) is 0 Å². The lowest BCUT2D eigenvalue weighted by atomic mass is 9.96. The minimum Gasteiger partial charge on any atom is -0.340 e. The second kappa shape index (κ2) is 9.43. The van der Waals surface area contributed by atoms with Crippen molar-refractivity contribution in [3.05, 3.63) is 89.8 Å². The van der Waals surface area contributed by atoms with Crippen LogP contribution in [-0.2, 0) is 11.8 Å². The standard InChI is InChI=1S/C25H29FN4O/c1-18-8-6-7-16-30(18)23(20-9-4-3-5-10-20)25(31)28-22(24-27-15-17-29(24)2)19-11-13-21(26)14-12-19/h3-5,9-15,17-18,22-23H,6-8,16H2,1-2H3,(H,28,31)/t18-,22+,23-/m1/s1. The summed E-state index contributed by atoms with van der Waals surface area (Å²) in [7, 11) is 1.90. The highest BCUT2D eigenvalue weighted by Crippen LogP contribution is 2.30. The van der Waals surface area contributed by atoms with Crippen molar-refractivity contribution >= 4 is 5.91 Å². The number of nitrogens with zero attached hydrogens (tertiary/aromatic N) is 3. The number of hydrogen-bond acceptors (Lipinski definition) is 3. The summed E-state index contributed by atoms with van der Waals surface area (Å²) >= 11 is 0. The zero-order chi connectivity index (χ0) is 21.8. The summed E-state index contributed by atoms with van der Waals surface area (Å²) in [6.07, 6.45) is 6.91. The molecule has 0 unspecified atom stereocenters. The van der Waals surface area contributed by atoms with Crippen molar-refractivity contribution in [2.24, 2.45) is 7.05 Å². The van der Waals surface area contributed by atoms with Gasteiger partial charge in [-0.2, -0.15) is 0 Å². The fourth-order valence-corrected chi connectivity index (χ4v) is 4.46. The fourth-order valence-electron chi connectivity index (χ4n) is 4.46. The predicted octanol–water partition coefficient (Wildman–Crippen LogP) is 4.38. The summed E-state index contributed by atoms with van der Waals surface area (Å²) in [4.78, 5) is 20.6. The maximum Gasteiger partial charge on any atom is 0.242 e. The van der Waals surface area contributed by atoms with Gasteiger partial charge in [0.15, 0.2) is 0 Å². The third-order valence-electron chi connectivity index (χ3n) is 6.16. The Morgan fingerprint density at radius 1 is 1.10 bits per heavy atom. The molecule has 6 heteroatoms. The number of imidazole rings is 1. The Kier molecular flexibility index (Phi) is 6.47. The Morgan fingerprint density at radius 2 is 1.84 bits per heavy atom. The van der Waals surface area contributed by atoms with Crippen molar-refractivity contribution in [3.63, 3.8) is 0 Å². The first-order valence-corrected chi connectivity index (χ1v) is 10.9. The number of nitrogens with one attached hydrogen (secondary N) is 1. The molecular formula is C25H29FN4O. The van der Waals surface area contributed by atoms with E-state index in [0.717, 1.165) is 30.5 Å². The summed E-state index contributed by atoms with van der Waals surface area (Å²) in [5.41, 5.74) is 1.77. The molecular weight excluding hydrogens is 391 g/mol. The van der Waals surface area contributed by atoms with Crippen molar-refractivity contribution in [1.82, 2.24) is 19.8 Å². The molecule has 0 saturated carbocycles. The molecule has 5 nitrogen and oxygen atoms in total. The molecule has 162 valence electrons. The Balaban J connectivity index is 1.69. The zero-order valence-corrected chi connectivity index (χ0v) is 18.0. The number of amides is 1. The lowest BCUT2D eigenvalue weighted by molar-refractivity contribution is -0.128. The van der Waals surface area contributed by atoms with Gasteiger partial charge in [-0.15, -0.1) is 0 Å². The molecule has 3 aromatic rings. The summed E-state index contributed by atoms with van der Waals surface area (Å²) < 4.78 is 15.4. The Labute approximate surface area is 182 Å². The lowest BCUT2D eigenvalue weighted by Gasteiger charge is -2.39. The van der Waals surface area contributed by atoms with E-state index in [9.17, 15) is 9.18 Å². The van der Waals surface area contributed by atoms with Crippen LogP contribution in [0.3, 0.4) is 0 Å². The summed E-state index contributed by atoms with van der Waals surface area (Å²) in [5, 5.41) is 3.23. The number of carbonyl (C=O) groups excluding carboxylic acids is 1. The minimum absolute atomic E-state index is 0.0720. The highest BCUT2D eigenvalue weighted by atomic mass is 19.1. The number of hydrogen-bond donors (Lipinski definition) is 1. The minimum atomic E-state index is -0.473. The monoisotopic (exact) mass is 420 g/mol. The maximum absolute atomic E-state index is 13.8. The largest absolute Gasteiger partial charge is 0.340 e. The lowest BCUT2D eigenvalue weighted by Crippen LogP contribution is -2.47. The van der Waals surface area contributed by atoms with Gasteiger partial charge >= 0.3 is 0 Å². The molecule has 0 radical (unpaired) electrons. The highest BCUT2D eigenvalue weighted by molar-refractivity contribution is 5.84. The molecule has 1 aromatic heterocycles. The average molecular weight is 421 g/mol. The van der Waals surface area contributed by atoms with E-state index in [1.54, 1.807) is 18.3 Å². The second-order valence-corrected chi connectivity index (χ2v) is 8.29. The Morgan fingerprint density at radius 3 is 2.48 bits per heavy atom. The van der Waals surface area contributed by atoms with Gasteiger partial charge in [0, 0.05) is 25.5 Å². The average Bonchev–Trinajstić information content (AvgIpc) is 3.21. The third-order valence-corrected chi connectivity index (χ3v) is 6.16. The van der Waals surface area contributed by atoms with Gasteiger partial charge in [0.05, 0.1) is 0 Å². The topological polar surface area (TPSA) is 50.2 Å². The van der Waals surface area contributed by atoms with Crippen LogP contribution in [0.25, 0.3) is 0 Å². The first-order valence-electron chi connectivity index (χ1n) is 10.9. The Bertz CT molecular complexity index is 1000. The quantitative estimate of drug-likeness (QED) is 0.644. The summed E-state index contributed by atoms with van der Waals surface area (Å²) in [6, 6.07) is 15.6. The number of halogens is 1. The van der Waals surface area contributed by atoms with Crippen LogP contribution in [-0.4, -0.2) is 32.9 Å². The number of likely N-dealkylation sites (tertiary alicyclic amines) is 1. The van der Waals surface area contributed by atoms with Crippen LogP contribution in [0, 0.1) is 5.82 Å². The van der Waals surface area contributed by atoms with E-state index in [-0.39, 0.29) is 17.8 Å². The molecule has 1 aliphatic heterocycles. The van der Waals surface area contributed by atoms with Crippen LogP contribution in [0.1, 0.15) is 55.2 Å². The molecule has 1 fully saturated rings. The normalized spacial score (nSPS) is 19.0. The van der Waals surface area contributed by atoms with Crippen molar-refractivity contribution in [3.8, 4) is 0 Å². The van der Waals surface area contributed by atoms with E-state index in [0.29, 0.717) is 11.9 Å². The molecule has 1 saturated heterocycles. The molecule has 1 amide bonds. The van der Waals surface area contributed by atoms with Crippen LogP contribution in [0.2, 0.25) is 0 Å². The van der Waals surface area contributed by atoms with Gasteiger partial charge in [-0.25, -0.2) is 9.37 Å². The number of benzene rings is 2. The third kappa shape index (κ3) is 4.69. The van der Waals surface area contributed by atoms with E-state index in [4.69, 9.17) is 0 Å². The number of carbonyl (C=O) groups is 1. The van der Waals surface area contributed by atoms with Crippen LogP contribution in [0.5, 0.6) is 0 Å². The number of aromatic nitrogens is 2. The molecule has 4 rings (SSSR count). The van der Waals surface area contributed by atoms with Crippen LogP contribution >= 0.6 is 0 Å². The maximum atomic E-state index is 13.8. The van der Waals surface area contributed by atoms with Crippen LogP contribution < -0.4 is 5.32 Å². The second-order valence-electron chi connectivity index (χ2n) is 8.29. The van der Waals surface area contributed by atoms with Crippen LogP contribution in [0.4, 0.5) is 4.39 Å². The van der Waals surface area contributed by atoms with E-state index in [2.05, 4.69) is 22.1 Å². The zero-order valence-electron chi connectivity index (χ0n) is 18.0. The molecule has 0 aliphatic carbocycles. The van der Waals surface area contributed by atoms with Gasteiger partial charge in [-0.3, -0.25) is 9.69 Å². The van der Waals surface area contributed by atoms with Gasteiger partial charge in [0.1, 0.15) is 23.7 Å². The molecule has 0 spiro atoms. The SMILES string of the molecule is C[C@@H]1CCCCN1[C@@H](C(=O)N[C@@H](c1ccc(F)cc1)c1nccn1C)c1ccccc1. The molecule has 0 bridgehead atoms. The summed E-state index contributed by atoms with van der Waals surface area (Å²) in [5.74, 6) is 0.328. The van der Waals surface area contributed by atoms with Crippen molar-refractivity contribution in [2.45, 2.75) is 44.3 Å².